The fourth-order valence-corrected chi connectivity index (χ4v) is 4.77. The summed E-state index contributed by atoms with van der Waals surface area (Å²) in [5, 5.41) is 2.70. The van der Waals surface area contributed by atoms with Gasteiger partial charge in [0.05, 0.1) is 24.7 Å². The van der Waals surface area contributed by atoms with Gasteiger partial charge in [0.2, 0.25) is 5.91 Å². The number of nitrogens with one attached hydrogen (secondary N) is 1. The van der Waals surface area contributed by atoms with Crippen LogP contribution in [0.1, 0.15) is 12.5 Å². The minimum absolute atomic E-state index is 0.196. The van der Waals surface area contributed by atoms with Crippen molar-refractivity contribution in [2.45, 2.75) is 6.92 Å². The van der Waals surface area contributed by atoms with Gasteiger partial charge in [-0.1, -0.05) is 23.7 Å². The van der Waals surface area contributed by atoms with Gasteiger partial charge >= 0.3 is 0 Å². The van der Waals surface area contributed by atoms with Gasteiger partial charge < -0.3 is 24.4 Å². The summed E-state index contributed by atoms with van der Waals surface area (Å²) < 4.78 is 16.6. The van der Waals surface area contributed by atoms with Crippen LogP contribution < -0.4 is 14.8 Å². The predicted octanol–water partition coefficient (Wildman–Crippen LogP) is 3.65. The zero-order valence-electron chi connectivity index (χ0n) is 20.6. The van der Waals surface area contributed by atoms with E-state index in [1.165, 1.54) is 0 Å². The molecule has 1 N–H and O–H groups in total. The largest absolute Gasteiger partial charge is 0.490 e. The summed E-state index contributed by atoms with van der Waals surface area (Å²) in [7, 11) is 0. The highest BCUT2D eigenvalue weighted by Crippen LogP contribution is 2.34. The molecule has 0 saturated carbocycles. The van der Waals surface area contributed by atoms with Crippen molar-refractivity contribution >= 4 is 58.1 Å². The maximum Gasteiger partial charge on any atom is 0.294 e. The van der Waals surface area contributed by atoms with E-state index in [9.17, 15) is 19.2 Å². The summed E-state index contributed by atoms with van der Waals surface area (Å²) in [6.07, 6.45) is 1.56. The molecule has 2 aromatic carbocycles. The van der Waals surface area contributed by atoms with Crippen LogP contribution in [0, 0.1) is 0 Å². The van der Waals surface area contributed by atoms with Gasteiger partial charge in [-0.05, 0) is 60.7 Å². The first-order valence-electron chi connectivity index (χ1n) is 11.9. The summed E-state index contributed by atoms with van der Waals surface area (Å²) in [6.45, 7) is 3.31. The van der Waals surface area contributed by atoms with E-state index in [1.54, 1.807) is 60.4 Å². The zero-order chi connectivity index (χ0) is 27.1. The van der Waals surface area contributed by atoms with Crippen molar-refractivity contribution in [2.24, 2.45) is 0 Å². The summed E-state index contributed by atoms with van der Waals surface area (Å²) in [5.74, 6) is -0.485. The third-order valence-electron chi connectivity index (χ3n) is 5.56. The van der Waals surface area contributed by atoms with Gasteiger partial charge in [-0.25, -0.2) is 0 Å². The van der Waals surface area contributed by atoms with Crippen molar-refractivity contribution in [2.75, 3.05) is 51.4 Å². The maximum atomic E-state index is 12.9. The number of imide groups is 1. The highest BCUT2D eigenvalue weighted by Gasteiger charge is 2.37. The van der Waals surface area contributed by atoms with Crippen LogP contribution in [0.4, 0.5) is 10.5 Å². The number of benzene rings is 2. The van der Waals surface area contributed by atoms with E-state index in [4.69, 9.17) is 25.8 Å². The smallest absolute Gasteiger partial charge is 0.294 e. The molecule has 10 nitrogen and oxygen atoms in total. The van der Waals surface area contributed by atoms with Crippen molar-refractivity contribution in [3.8, 4) is 11.5 Å². The van der Waals surface area contributed by atoms with E-state index in [2.05, 4.69) is 5.32 Å². The predicted molar refractivity (Wildman–Crippen MR) is 143 cm³/mol. The second kappa shape index (κ2) is 12.8. The van der Waals surface area contributed by atoms with E-state index < -0.39 is 11.1 Å². The molecule has 0 aliphatic carbocycles. The Morgan fingerprint density at radius 3 is 2.63 bits per heavy atom. The molecule has 0 spiro atoms. The van der Waals surface area contributed by atoms with Gasteiger partial charge in [0, 0.05) is 23.8 Å². The summed E-state index contributed by atoms with van der Waals surface area (Å²) in [4.78, 5) is 52.9. The molecule has 38 heavy (non-hydrogen) atoms. The summed E-state index contributed by atoms with van der Waals surface area (Å²) in [6, 6.07) is 11.7. The molecule has 2 aliphatic heterocycles. The van der Waals surface area contributed by atoms with Gasteiger partial charge in [-0.3, -0.25) is 24.1 Å². The first-order chi connectivity index (χ1) is 18.3. The molecule has 2 aliphatic rings. The second-order valence-corrected chi connectivity index (χ2v) is 9.68. The van der Waals surface area contributed by atoms with Gasteiger partial charge in [-0.2, -0.15) is 0 Å². The van der Waals surface area contributed by atoms with Crippen LogP contribution in [0.2, 0.25) is 5.02 Å². The number of ether oxygens (including phenoxy) is 3. The number of morpholine rings is 1. The van der Waals surface area contributed by atoms with Crippen molar-refractivity contribution in [3.63, 3.8) is 0 Å². The Hall–Kier alpha value is -3.54. The van der Waals surface area contributed by atoms with Crippen molar-refractivity contribution in [1.82, 2.24) is 9.80 Å². The fraction of sp³-hybridized carbons (Fsp3) is 0.308. The molecule has 0 radical (unpaired) electrons. The molecular formula is C26H26ClN3O7S. The molecule has 4 amide bonds. The Bertz CT molecular complexity index is 1260. The molecule has 2 fully saturated rings. The third-order valence-corrected chi connectivity index (χ3v) is 6.71. The highest BCUT2D eigenvalue weighted by atomic mass is 35.5. The maximum absolute atomic E-state index is 12.9. The van der Waals surface area contributed by atoms with E-state index in [0.29, 0.717) is 60.7 Å². The first kappa shape index (κ1) is 27.5. The minimum Gasteiger partial charge on any atom is -0.490 e. The molecular weight excluding hydrogens is 534 g/mol. The average molecular weight is 560 g/mol. The Morgan fingerprint density at radius 1 is 1.11 bits per heavy atom. The Kier molecular flexibility index (Phi) is 9.27. The molecule has 2 aromatic rings. The van der Waals surface area contributed by atoms with Crippen molar-refractivity contribution in [3.05, 3.63) is 58.0 Å². The Balaban J connectivity index is 1.41. The van der Waals surface area contributed by atoms with Crippen molar-refractivity contribution < 1.29 is 33.4 Å². The lowest BCUT2D eigenvalue weighted by Crippen LogP contribution is -2.46. The molecule has 0 aromatic heterocycles. The quantitative estimate of drug-likeness (QED) is 0.463. The van der Waals surface area contributed by atoms with Crippen LogP contribution in [0.15, 0.2) is 47.4 Å². The van der Waals surface area contributed by atoms with Crippen LogP contribution in [-0.2, 0) is 19.1 Å². The molecule has 200 valence electrons. The fourth-order valence-electron chi connectivity index (χ4n) is 3.74. The molecule has 12 heteroatoms. The van der Waals surface area contributed by atoms with Gasteiger partial charge in [-0.15, -0.1) is 0 Å². The standard InChI is InChI=1S/C26H26ClN3O7S/c1-2-36-21-12-17(6-7-20(21)37-16-23(31)28-19-5-3-4-18(27)14-19)13-22-25(33)30(26(34)38-22)15-24(32)29-8-10-35-11-9-29/h3-7,12-14H,2,8-11,15-16H2,1H3,(H,28,31)/b22-13-. The number of halogens is 1. The molecule has 0 unspecified atom stereocenters. The number of thioether (sulfide) groups is 1. The molecule has 2 heterocycles. The van der Waals surface area contributed by atoms with Crippen LogP contribution in [0.5, 0.6) is 11.5 Å². The SMILES string of the molecule is CCOc1cc(/C=C2\SC(=O)N(CC(=O)N3CCOCC3)C2=O)ccc1OCC(=O)Nc1cccc(Cl)c1. The number of carbonyl (C=O) groups is 4. The number of amides is 4. The van der Waals surface area contributed by atoms with Crippen LogP contribution in [0.3, 0.4) is 0 Å². The lowest BCUT2D eigenvalue weighted by Gasteiger charge is -2.28. The number of anilines is 1. The molecule has 2 saturated heterocycles. The monoisotopic (exact) mass is 559 g/mol. The van der Waals surface area contributed by atoms with E-state index in [-0.39, 0.29) is 29.9 Å². The lowest BCUT2D eigenvalue weighted by atomic mass is 10.2. The summed E-state index contributed by atoms with van der Waals surface area (Å²) in [5.41, 5.74) is 1.14. The Morgan fingerprint density at radius 2 is 1.89 bits per heavy atom. The van der Waals surface area contributed by atoms with Crippen LogP contribution >= 0.6 is 23.4 Å². The number of nitrogens with zero attached hydrogens (tertiary/aromatic N) is 2. The normalized spacial score (nSPS) is 16.6. The minimum atomic E-state index is -0.530. The number of carbonyl (C=O) groups excluding carboxylic acids is 4. The number of hydrogen-bond acceptors (Lipinski definition) is 8. The van der Waals surface area contributed by atoms with Crippen molar-refractivity contribution in [1.29, 1.82) is 0 Å². The molecule has 4 rings (SSSR count). The molecule has 0 atom stereocenters. The van der Waals surface area contributed by atoms with Crippen LogP contribution in [0.25, 0.3) is 6.08 Å². The van der Waals surface area contributed by atoms with E-state index in [1.807, 2.05) is 0 Å². The first-order valence-corrected chi connectivity index (χ1v) is 13.1. The highest BCUT2D eigenvalue weighted by molar-refractivity contribution is 8.18. The average Bonchev–Trinajstić information content (AvgIpc) is 3.16. The van der Waals surface area contributed by atoms with Crippen LogP contribution in [-0.4, -0.2) is 78.8 Å². The van der Waals surface area contributed by atoms with E-state index >= 15 is 0 Å². The van der Waals surface area contributed by atoms with E-state index in [0.717, 1.165) is 16.7 Å². The van der Waals surface area contributed by atoms with Gasteiger partial charge in [0.15, 0.2) is 18.1 Å². The topological polar surface area (TPSA) is 114 Å². The lowest BCUT2D eigenvalue weighted by molar-refractivity contribution is -0.139. The number of rotatable bonds is 9. The zero-order valence-corrected chi connectivity index (χ0v) is 22.2. The van der Waals surface area contributed by atoms with Gasteiger partial charge in [0.25, 0.3) is 17.1 Å². The Labute approximate surface area is 228 Å². The molecule has 0 bridgehead atoms. The third kappa shape index (κ3) is 7.06. The van der Waals surface area contributed by atoms with Gasteiger partial charge in [0.1, 0.15) is 6.54 Å². The second-order valence-electron chi connectivity index (χ2n) is 8.25. The summed E-state index contributed by atoms with van der Waals surface area (Å²) >= 11 is 6.72. The number of hydrogen-bond donors (Lipinski definition) is 1.